The molecule has 0 aromatic rings. The van der Waals surface area contributed by atoms with Gasteiger partial charge >= 0.3 is 5.97 Å². The Morgan fingerprint density at radius 1 is 0.506 bits per heavy atom. The molecule has 1 rings (SSSR count). The molecule has 11 nitrogen and oxygen atoms in total. The third-order valence-electron chi connectivity index (χ3n) is 13.2. The van der Waals surface area contributed by atoms with E-state index in [0.717, 1.165) is 96.3 Å². The van der Waals surface area contributed by atoms with Gasteiger partial charge in [-0.25, -0.2) is 0 Å². The average Bonchev–Trinajstić information content (AvgIpc) is 3.49. The van der Waals surface area contributed by atoms with Crippen LogP contribution in [-0.2, 0) is 23.8 Å². The number of ether oxygens (including phenoxy) is 3. The third-order valence-corrected chi connectivity index (χ3v) is 13.2. The van der Waals surface area contributed by atoms with Crippen LogP contribution >= 0.6 is 0 Å². The number of esters is 1. The van der Waals surface area contributed by atoms with Crippen LogP contribution in [0.5, 0.6) is 0 Å². The van der Waals surface area contributed by atoms with Gasteiger partial charge < -0.3 is 45.1 Å². The normalized spacial score (nSPS) is 19.9. The Morgan fingerprint density at radius 3 is 1.35 bits per heavy atom. The number of rotatable bonds is 49. The van der Waals surface area contributed by atoms with Gasteiger partial charge in [-0.15, -0.1) is 0 Å². The van der Waals surface area contributed by atoms with Gasteiger partial charge in [0.05, 0.1) is 25.4 Å². The highest BCUT2D eigenvalue weighted by atomic mass is 16.7. The highest BCUT2D eigenvalue weighted by molar-refractivity contribution is 5.80. The van der Waals surface area contributed by atoms with Gasteiger partial charge in [-0.1, -0.05) is 231 Å². The van der Waals surface area contributed by atoms with Crippen LogP contribution in [0.4, 0.5) is 0 Å². The van der Waals surface area contributed by atoms with Gasteiger partial charge in [-0.3, -0.25) is 9.59 Å². The van der Waals surface area contributed by atoms with Gasteiger partial charge in [0.15, 0.2) is 12.4 Å². The van der Waals surface area contributed by atoms with Gasteiger partial charge in [-0.2, -0.15) is 0 Å². The second kappa shape index (κ2) is 54.1. The van der Waals surface area contributed by atoms with E-state index < -0.39 is 67.4 Å². The molecular formula is C68H109NO10. The van der Waals surface area contributed by atoms with Crippen molar-refractivity contribution < 1.29 is 49.3 Å². The number of carbonyl (C=O) groups excluding carboxylic acids is 2. The third kappa shape index (κ3) is 42.1. The smallest absolute Gasteiger partial charge is 0.306 e. The van der Waals surface area contributed by atoms with E-state index in [4.69, 9.17) is 14.2 Å². The van der Waals surface area contributed by atoms with Crippen LogP contribution in [0.15, 0.2) is 146 Å². The lowest BCUT2D eigenvalue weighted by Crippen LogP contribution is -2.61. The van der Waals surface area contributed by atoms with E-state index in [9.17, 15) is 35.1 Å². The van der Waals surface area contributed by atoms with E-state index in [2.05, 4.69) is 142 Å². The highest BCUT2D eigenvalue weighted by Gasteiger charge is 2.47. The van der Waals surface area contributed by atoms with Crippen LogP contribution < -0.4 is 5.32 Å². The summed E-state index contributed by atoms with van der Waals surface area (Å²) in [6.45, 7) is 5.48. The van der Waals surface area contributed by atoms with Crippen molar-refractivity contribution in [3.63, 3.8) is 0 Å². The number of aliphatic hydroxyl groups excluding tert-OH is 5. The number of aliphatic hydroxyl groups is 5. The number of unbranched alkanes of at least 4 members (excludes halogenated alkanes) is 13. The van der Waals surface area contributed by atoms with E-state index in [1.165, 1.54) is 51.4 Å². The maximum Gasteiger partial charge on any atom is 0.306 e. The second-order valence-corrected chi connectivity index (χ2v) is 20.3. The topological polar surface area (TPSA) is 175 Å². The van der Waals surface area contributed by atoms with Crippen molar-refractivity contribution in [3.05, 3.63) is 146 Å². The minimum atomic E-state index is -1.66. The molecule has 11 heteroatoms. The molecule has 1 amide bonds. The lowest BCUT2D eigenvalue weighted by atomic mass is 9.99. The number of amides is 1. The Balaban J connectivity index is 2.79. The predicted octanol–water partition coefficient (Wildman–Crippen LogP) is 14.6. The Kier molecular flexibility index (Phi) is 49.7. The van der Waals surface area contributed by atoms with Crippen molar-refractivity contribution in [2.24, 2.45) is 0 Å². The molecule has 0 aromatic carbocycles. The van der Waals surface area contributed by atoms with Gasteiger partial charge in [0.25, 0.3) is 0 Å². The monoisotopic (exact) mass is 1100 g/mol. The van der Waals surface area contributed by atoms with E-state index in [1.54, 1.807) is 6.08 Å². The van der Waals surface area contributed by atoms with Gasteiger partial charge in [0.2, 0.25) is 5.91 Å². The quantitative estimate of drug-likeness (QED) is 0.0195. The van der Waals surface area contributed by atoms with Crippen LogP contribution in [0, 0.1) is 0 Å². The summed E-state index contributed by atoms with van der Waals surface area (Å²) in [4.78, 5) is 26.5. The second-order valence-electron chi connectivity index (χ2n) is 20.3. The summed E-state index contributed by atoms with van der Waals surface area (Å²) in [5.74, 6) is -1.32. The molecule has 0 radical (unpaired) electrons. The Hall–Kier alpha value is -4.46. The molecule has 0 aromatic heterocycles. The molecule has 79 heavy (non-hydrogen) atoms. The molecule has 0 bridgehead atoms. The molecule has 1 heterocycles. The number of nitrogens with one attached hydrogen (secondary N) is 1. The van der Waals surface area contributed by atoms with Gasteiger partial charge in [-0.05, 0) is 116 Å². The van der Waals surface area contributed by atoms with Crippen molar-refractivity contribution in [2.75, 3.05) is 13.2 Å². The molecule has 6 N–H and O–H groups in total. The number of hydrogen-bond donors (Lipinski definition) is 6. The van der Waals surface area contributed by atoms with Crippen molar-refractivity contribution in [3.8, 4) is 0 Å². The molecule has 1 aliphatic rings. The van der Waals surface area contributed by atoms with Gasteiger partial charge in [0, 0.05) is 6.42 Å². The molecule has 1 aliphatic heterocycles. The number of hydrogen-bond acceptors (Lipinski definition) is 10. The zero-order valence-corrected chi connectivity index (χ0v) is 49.2. The summed E-state index contributed by atoms with van der Waals surface area (Å²) < 4.78 is 17.5. The molecule has 0 saturated carbocycles. The molecular weight excluding hydrogens is 991 g/mol. The fraction of sp³-hybridized carbons (Fsp3) is 0.618. The van der Waals surface area contributed by atoms with E-state index >= 15 is 0 Å². The largest absolute Gasteiger partial charge is 0.454 e. The van der Waals surface area contributed by atoms with E-state index in [0.29, 0.717) is 25.7 Å². The maximum atomic E-state index is 13.4. The molecule has 8 unspecified atom stereocenters. The zero-order valence-electron chi connectivity index (χ0n) is 49.2. The number of carbonyl (C=O) groups is 2. The lowest BCUT2D eigenvalue weighted by Gasteiger charge is -2.41. The van der Waals surface area contributed by atoms with E-state index in [-0.39, 0.29) is 19.4 Å². The van der Waals surface area contributed by atoms with Crippen molar-refractivity contribution in [1.82, 2.24) is 5.32 Å². The van der Waals surface area contributed by atoms with Crippen LogP contribution in [0.1, 0.15) is 207 Å². The summed E-state index contributed by atoms with van der Waals surface area (Å²) in [6, 6.07) is -1.07. The Labute approximate surface area is 479 Å². The fourth-order valence-corrected chi connectivity index (χ4v) is 8.46. The summed E-state index contributed by atoms with van der Waals surface area (Å²) >= 11 is 0. The standard InChI is InChI=1S/C68H109NO10/c1-4-7-10-13-16-19-22-25-27-29-30-31-33-34-37-40-43-46-49-52-55-61(72)67(76)69-59(60(71)54-51-48-45-42-39-36-24-21-18-15-12-9-6-3)58-77-68-66(65(75)64(74)62(57-70)78-68)79-63(73)56-53-50-47-44-41-38-35-32-28-26-23-20-17-14-11-8-5-2/h7-8,10-11,16-17,19-20,25-28,30-31,34-35,37-38,43-44,46-47,51,54,59-62,64-66,68,70-72,74-75H,4-6,9,12-15,18,21-24,29,32-33,36,39-42,45,48-50,52-53,55-58H2,1-3H3,(H,69,76)/b10-7-,11-8-,19-16-,20-17-,27-25-,28-26-,31-30-,37-34-,38-35-,46-43-,47-44-,54-51+. The minimum absolute atomic E-state index is 0.0308. The first-order valence-electron chi connectivity index (χ1n) is 30.6. The summed E-state index contributed by atoms with van der Waals surface area (Å²) in [6.07, 6.45) is 67.5. The SMILES string of the molecule is CC/C=C\C/C=C\C/C=C\C/C=C\C/C=C\C/C=C\CCCC(O)C(=O)NC(COC1OC(CO)C(O)C(O)C1OC(=O)CCC/C=C\C/C=C\C/C=C\C/C=C\C/C=C\CC)C(O)/C=C/CCCCCCCCCCCCC. The highest BCUT2D eigenvalue weighted by Crippen LogP contribution is 2.26. The first-order chi connectivity index (χ1) is 38.7. The number of allylic oxidation sites excluding steroid dienone is 23. The van der Waals surface area contributed by atoms with Crippen LogP contribution in [0.3, 0.4) is 0 Å². The Morgan fingerprint density at radius 2 is 0.911 bits per heavy atom. The van der Waals surface area contributed by atoms with E-state index in [1.807, 2.05) is 24.3 Å². The molecule has 0 spiro atoms. The molecule has 446 valence electrons. The lowest BCUT2D eigenvalue weighted by molar-refractivity contribution is -0.305. The van der Waals surface area contributed by atoms with Gasteiger partial charge in [0.1, 0.15) is 24.4 Å². The van der Waals surface area contributed by atoms with Crippen LogP contribution in [0.2, 0.25) is 0 Å². The zero-order chi connectivity index (χ0) is 57.5. The van der Waals surface area contributed by atoms with Crippen molar-refractivity contribution in [1.29, 1.82) is 0 Å². The predicted molar refractivity (Wildman–Crippen MR) is 328 cm³/mol. The molecule has 1 fully saturated rings. The summed E-state index contributed by atoms with van der Waals surface area (Å²) in [5.41, 5.74) is 0. The average molecular weight is 1100 g/mol. The maximum absolute atomic E-state index is 13.4. The summed E-state index contributed by atoms with van der Waals surface area (Å²) in [7, 11) is 0. The first-order valence-corrected chi connectivity index (χ1v) is 30.6. The minimum Gasteiger partial charge on any atom is -0.454 e. The molecule has 1 saturated heterocycles. The fourth-order valence-electron chi connectivity index (χ4n) is 8.46. The first kappa shape index (κ1) is 72.6. The van der Waals surface area contributed by atoms with Crippen LogP contribution in [-0.4, -0.2) is 99.6 Å². The molecule has 8 atom stereocenters. The van der Waals surface area contributed by atoms with Crippen molar-refractivity contribution in [2.45, 2.75) is 256 Å². The summed E-state index contributed by atoms with van der Waals surface area (Å²) in [5, 5.41) is 56.9. The Bertz CT molecular complexity index is 1840. The van der Waals surface area contributed by atoms with Crippen molar-refractivity contribution >= 4 is 11.9 Å². The van der Waals surface area contributed by atoms with Crippen LogP contribution in [0.25, 0.3) is 0 Å². The molecule has 0 aliphatic carbocycles.